The van der Waals surface area contributed by atoms with Crippen molar-refractivity contribution in [2.45, 2.75) is 38.9 Å². The van der Waals surface area contributed by atoms with Crippen LogP contribution in [0.25, 0.3) is 6.08 Å². The summed E-state index contributed by atoms with van der Waals surface area (Å²) >= 11 is 0. The Balaban J connectivity index is 2.26. The van der Waals surface area contributed by atoms with Crippen molar-refractivity contribution in [1.82, 2.24) is 0 Å². The smallest absolute Gasteiger partial charge is 0.491 e. The fraction of sp³-hybridized carbons (Fsp3) is 0.500. The van der Waals surface area contributed by atoms with Crippen LogP contribution in [-0.2, 0) is 9.31 Å². The van der Waals surface area contributed by atoms with E-state index >= 15 is 0 Å². The molecule has 0 unspecified atom stereocenters. The molecule has 0 radical (unpaired) electrons. The molecule has 0 atom stereocenters. The molecule has 1 aliphatic rings. The van der Waals surface area contributed by atoms with E-state index in [1.807, 2.05) is 39.8 Å². The van der Waals surface area contributed by atoms with Crippen LogP contribution < -0.4 is 10.5 Å². The maximum absolute atomic E-state index is 11.3. The molecule has 1 aromatic rings. The summed E-state index contributed by atoms with van der Waals surface area (Å²) in [5.74, 6) is 0. The van der Waals surface area contributed by atoms with E-state index in [9.17, 15) is 5.21 Å². The highest BCUT2D eigenvalue weighted by Gasteiger charge is 2.52. The number of nitrogens with zero attached hydrogens (tertiary/aromatic N) is 1. The minimum Gasteiger partial charge on any atom is -0.619 e. The highest BCUT2D eigenvalue weighted by molar-refractivity contribution is 6.55. The molecule has 20 heavy (non-hydrogen) atoms. The lowest BCUT2D eigenvalue weighted by molar-refractivity contribution is -0.605. The van der Waals surface area contributed by atoms with Gasteiger partial charge in [-0.15, -0.1) is 0 Å². The molecule has 0 bridgehead atoms. The summed E-state index contributed by atoms with van der Waals surface area (Å²) in [5.41, 5.74) is 6.59. The largest absolute Gasteiger partial charge is 0.619 e. The van der Waals surface area contributed by atoms with E-state index in [4.69, 9.17) is 15.0 Å². The van der Waals surface area contributed by atoms with Crippen LogP contribution in [0.3, 0.4) is 0 Å². The molecule has 0 amide bonds. The second kappa shape index (κ2) is 5.20. The molecule has 1 aliphatic heterocycles. The van der Waals surface area contributed by atoms with Crippen molar-refractivity contribution >= 4 is 13.2 Å². The Kier molecular flexibility index (Phi) is 3.91. The van der Waals surface area contributed by atoms with Gasteiger partial charge in [-0.1, -0.05) is 6.08 Å². The Morgan fingerprint density at radius 2 is 1.95 bits per heavy atom. The Labute approximate surface area is 120 Å². The summed E-state index contributed by atoms with van der Waals surface area (Å²) in [5, 5.41) is 11.3. The zero-order valence-corrected chi connectivity index (χ0v) is 12.4. The second-order valence-corrected chi connectivity index (χ2v) is 6.01. The number of hydrogen-bond acceptors (Lipinski definition) is 4. The van der Waals surface area contributed by atoms with Gasteiger partial charge in [0.05, 0.1) is 11.2 Å². The van der Waals surface area contributed by atoms with Gasteiger partial charge in [0.1, 0.15) is 0 Å². The van der Waals surface area contributed by atoms with Crippen molar-refractivity contribution in [2.24, 2.45) is 5.73 Å². The number of rotatable bonds is 3. The summed E-state index contributed by atoms with van der Waals surface area (Å²) in [6.07, 6.45) is 4.77. The average molecular weight is 276 g/mol. The Hall–Kier alpha value is -1.37. The molecular weight excluding hydrogens is 255 g/mol. The van der Waals surface area contributed by atoms with Crippen molar-refractivity contribution in [3.63, 3.8) is 0 Å². The van der Waals surface area contributed by atoms with Crippen molar-refractivity contribution in [3.05, 3.63) is 40.8 Å². The van der Waals surface area contributed by atoms with E-state index in [1.165, 1.54) is 12.4 Å². The van der Waals surface area contributed by atoms with Crippen LogP contribution in [-0.4, -0.2) is 24.9 Å². The Morgan fingerprint density at radius 1 is 1.35 bits per heavy atom. The molecule has 1 aromatic heterocycles. The van der Waals surface area contributed by atoms with Gasteiger partial charge in [0.15, 0.2) is 12.4 Å². The molecule has 0 aromatic carbocycles. The number of aromatic nitrogens is 1. The van der Waals surface area contributed by atoms with Gasteiger partial charge >= 0.3 is 7.12 Å². The van der Waals surface area contributed by atoms with Gasteiger partial charge in [0.2, 0.25) is 0 Å². The van der Waals surface area contributed by atoms with Crippen molar-refractivity contribution in [2.75, 3.05) is 6.54 Å². The lowest BCUT2D eigenvalue weighted by Gasteiger charge is -2.32. The van der Waals surface area contributed by atoms with Gasteiger partial charge in [0, 0.05) is 18.2 Å². The third-order valence-electron chi connectivity index (χ3n) is 3.94. The number of pyridine rings is 1. The first-order chi connectivity index (χ1) is 9.25. The van der Waals surface area contributed by atoms with Crippen molar-refractivity contribution in [3.8, 4) is 0 Å². The summed E-state index contributed by atoms with van der Waals surface area (Å²) in [6, 6.07) is 3.53. The van der Waals surface area contributed by atoms with Crippen molar-refractivity contribution in [1.29, 1.82) is 0 Å². The van der Waals surface area contributed by atoms with Gasteiger partial charge in [-0.3, -0.25) is 0 Å². The maximum Gasteiger partial charge on any atom is 0.491 e. The van der Waals surface area contributed by atoms with E-state index < -0.39 is 18.3 Å². The fourth-order valence-electron chi connectivity index (χ4n) is 1.99. The normalized spacial score (nSPS) is 21.2. The van der Waals surface area contributed by atoms with Crippen LogP contribution in [0.2, 0.25) is 0 Å². The molecule has 108 valence electrons. The molecular formula is C14H21BN2O3. The van der Waals surface area contributed by atoms with Crippen LogP contribution in [0.5, 0.6) is 0 Å². The highest BCUT2D eigenvalue weighted by atomic mass is 16.7. The van der Waals surface area contributed by atoms with Gasteiger partial charge < -0.3 is 20.2 Å². The van der Waals surface area contributed by atoms with E-state index in [1.54, 1.807) is 6.07 Å². The fourth-order valence-corrected chi connectivity index (χ4v) is 1.99. The minimum absolute atomic E-state index is 0.310. The Morgan fingerprint density at radius 3 is 2.45 bits per heavy atom. The number of nitrogens with two attached hydrogens (primary N) is 1. The first kappa shape index (κ1) is 15.0. The summed E-state index contributed by atoms with van der Waals surface area (Å²) in [7, 11) is -0.481. The Bertz CT molecular complexity index is 513. The van der Waals surface area contributed by atoms with Crippen LogP contribution in [0.15, 0.2) is 30.0 Å². The average Bonchev–Trinajstić information content (AvgIpc) is 2.55. The van der Waals surface area contributed by atoms with Gasteiger partial charge in [-0.05, 0) is 39.2 Å². The van der Waals surface area contributed by atoms with E-state index in [0.29, 0.717) is 6.54 Å². The molecule has 5 nitrogen and oxygen atoms in total. The molecule has 6 heteroatoms. The van der Waals surface area contributed by atoms with Crippen molar-refractivity contribution < 1.29 is 14.0 Å². The molecule has 2 N–H and O–H groups in total. The molecule has 1 fully saturated rings. The summed E-state index contributed by atoms with van der Waals surface area (Å²) < 4.78 is 12.7. The van der Waals surface area contributed by atoms with E-state index in [0.717, 1.165) is 15.8 Å². The molecule has 2 heterocycles. The second-order valence-electron chi connectivity index (χ2n) is 6.01. The lowest BCUT2D eigenvalue weighted by Crippen LogP contribution is -2.41. The highest BCUT2D eigenvalue weighted by Crippen LogP contribution is 2.38. The van der Waals surface area contributed by atoms with Gasteiger partial charge in [-0.25, -0.2) is 0 Å². The van der Waals surface area contributed by atoms with E-state index in [2.05, 4.69) is 0 Å². The first-order valence-corrected chi connectivity index (χ1v) is 6.70. The maximum atomic E-state index is 11.3. The monoisotopic (exact) mass is 276 g/mol. The van der Waals surface area contributed by atoms with Crippen LogP contribution in [0.1, 0.15) is 33.3 Å². The summed E-state index contributed by atoms with van der Waals surface area (Å²) in [6.45, 7) is 8.29. The first-order valence-electron chi connectivity index (χ1n) is 6.70. The third-order valence-corrected chi connectivity index (χ3v) is 3.94. The van der Waals surface area contributed by atoms with E-state index in [-0.39, 0.29) is 0 Å². The third kappa shape index (κ3) is 2.87. The predicted molar refractivity (Wildman–Crippen MR) is 78.5 cm³/mol. The zero-order chi connectivity index (χ0) is 15.0. The number of hydrogen-bond donors (Lipinski definition) is 1. The van der Waals surface area contributed by atoms with Crippen LogP contribution in [0.4, 0.5) is 0 Å². The quantitative estimate of drug-likeness (QED) is 0.513. The standard InChI is InChI=1S/C14H21BN2O3/c1-13(2)14(3,4)20-15(19-13)12(9-16)8-11-6-5-7-17(18)10-11/h5-8,10H,9,16H2,1-4H3. The van der Waals surface area contributed by atoms with Gasteiger partial charge in [-0.2, -0.15) is 4.73 Å². The van der Waals surface area contributed by atoms with Crippen LogP contribution >= 0.6 is 0 Å². The molecule has 1 saturated heterocycles. The molecule has 2 rings (SSSR count). The molecule has 0 saturated carbocycles. The molecule has 0 spiro atoms. The SMILES string of the molecule is CC1(C)OB(C(=Cc2ccc[n+]([O-])c2)CN)OC1(C)C. The predicted octanol–water partition coefficient (Wildman–Crippen LogP) is 1.29. The molecule has 0 aliphatic carbocycles. The van der Waals surface area contributed by atoms with Gasteiger partial charge in [0.25, 0.3) is 0 Å². The lowest BCUT2D eigenvalue weighted by atomic mass is 9.77. The zero-order valence-electron chi connectivity index (χ0n) is 12.4. The topological polar surface area (TPSA) is 71.4 Å². The van der Waals surface area contributed by atoms with Crippen LogP contribution in [0, 0.1) is 5.21 Å². The summed E-state index contributed by atoms with van der Waals surface area (Å²) in [4.78, 5) is 0. The minimum atomic E-state index is -0.481.